The third-order valence-electron chi connectivity index (χ3n) is 4.36. The van der Waals surface area contributed by atoms with E-state index in [1.165, 1.54) is 36.2 Å². The monoisotopic (exact) mass is 279 g/mol. The molecule has 1 heterocycles. The van der Waals surface area contributed by atoms with Crippen LogP contribution in [0.25, 0.3) is 0 Å². The van der Waals surface area contributed by atoms with E-state index in [-0.39, 0.29) is 0 Å². The van der Waals surface area contributed by atoms with Crippen molar-refractivity contribution in [1.82, 2.24) is 15.1 Å². The van der Waals surface area contributed by atoms with Crippen molar-refractivity contribution in [3.05, 3.63) is 17.0 Å². The Morgan fingerprint density at radius 2 is 2.10 bits per heavy atom. The smallest absolute Gasteiger partial charge is 0.0669 e. The number of hydrogen-bond acceptors (Lipinski definition) is 3. The van der Waals surface area contributed by atoms with E-state index < -0.39 is 0 Å². The fourth-order valence-electron chi connectivity index (χ4n) is 2.93. The number of aryl methyl sites for hydroxylation is 1. The molecule has 0 radical (unpaired) electrons. The zero-order chi connectivity index (χ0) is 14.4. The molecule has 20 heavy (non-hydrogen) atoms. The van der Waals surface area contributed by atoms with Crippen LogP contribution in [0, 0.1) is 5.92 Å². The molecule has 0 amide bonds. The van der Waals surface area contributed by atoms with E-state index in [0.29, 0.717) is 0 Å². The summed E-state index contributed by atoms with van der Waals surface area (Å²) in [7, 11) is 1.74. The van der Waals surface area contributed by atoms with Crippen LogP contribution in [0.3, 0.4) is 0 Å². The lowest BCUT2D eigenvalue weighted by Gasteiger charge is -2.25. The second kappa shape index (κ2) is 7.79. The highest BCUT2D eigenvalue weighted by Crippen LogP contribution is 2.29. The molecule has 0 atom stereocenters. The van der Waals surface area contributed by atoms with Crippen LogP contribution in [0.4, 0.5) is 0 Å². The van der Waals surface area contributed by atoms with Gasteiger partial charge in [0.25, 0.3) is 0 Å². The van der Waals surface area contributed by atoms with Gasteiger partial charge in [0.15, 0.2) is 0 Å². The molecule has 1 aliphatic carbocycles. The molecule has 0 aromatic carbocycles. The lowest BCUT2D eigenvalue weighted by molar-refractivity contribution is 0.199. The van der Waals surface area contributed by atoms with Crippen molar-refractivity contribution < 1.29 is 4.74 Å². The molecule has 1 saturated carbocycles. The molecule has 1 fully saturated rings. The Hall–Kier alpha value is -0.870. The number of ether oxygens (including phenoxy) is 1. The fourth-order valence-corrected chi connectivity index (χ4v) is 2.93. The average Bonchev–Trinajstić information content (AvgIpc) is 2.76. The van der Waals surface area contributed by atoms with Gasteiger partial charge in [0.2, 0.25) is 0 Å². The molecule has 0 spiro atoms. The van der Waals surface area contributed by atoms with Crippen LogP contribution >= 0.6 is 0 Å². The van der Waals surface area contributed by atoms with Gasteiger partial charge >= 0.3 is 0 Å². The standard InChI is InChI=1S/C16H29N3O/c1-4-15-14(11-17-9-10-20-3)16(5-2)19(18-15)12-13-7-6-8-13/h13,17H,4-12H2,1-3H3. The molecule has 114 valence electrons. The fraction of sp³-hybridized carbons (Fsp3) is 0.812. The zero-order valence-electron chi connectivity index (χ0n) is 13.2. The molecular formula is C16H29N3O. The quantitative estimate of drug-likeness (QED) is 0.706. The zero-order valence-corrected chi connectivity index (χ0v) is 13.2. The predicted molar refractivity (Wildman–Crippen MR) is 81.9 cm³/mol. The third-order valence-corrected chi connectivity index (χ3v) is 4.36. The van der Waals surface area contributed by atoms with E-state index in [1.54, 1.807) is 7.11 Å². The van der Waals surface area contributed by atoms with E-state index in [9.17, 15) is 0 Å². The maximum absolute atomic E-state index is 5.09. The SMILES string of the molecule is CCc1nn(CC2CCC2)c(CC)c1CNCCOC. The summed E-state index contributed by atoms with van der Waals surface area (Å²) in [4.78, 5) is 0. The van der Waals surface area contributed by atoms with Crippen LogP contribution in [0.5, 0.6) is 0 Å². The molecule has 1 N–H and O–H groups in total. The third kappa shape index (κ3) is 3.61. The summed E-state index contributed by atoms with van der Waals surface area (Å²) < 4.78 is 7.38. The molecule has 4 nitrogen and oxygen atoms in total. The van der Waals surface area contributed by atoms with Gasteiger partial charge in [-0.25, -0.2) is 0 Å². The predicted octanol–water partition coefficient (Wildman–Crippen LogP) is 2.54. The summed E-state index contributed by atoms with van der Waals surface area (Å²) in [6.45, 7) is 8.14. The minimum Gasteiger partial charge on any atom is -0.383 e. The minimum absolute atomic E-state index is 0.763. The molecule has 1 aromatic heterocycles. The Balaban J connectivity index is 2.06. The Labute approximate surface area is 122 Å². The second-order valence-electron chi connectivity index (χ2n) is 5.73. The number of hydrogen-bond donors (Lipinski definition) is 1. The van der Waals surface area contributed by atoms with E-state index in [2.05, 4.69) is 23.8 Å². The molecule has 0 aliphatic heterocycles. The minimum atomic E-state index is 0.763. The molecule has 4 heteroatoms. The normalized spacial score (nSPS) is 15.6. The van der Waals surface area contributed by atoms with Crippen molar-refractivity contribution in [2.75, 3.05) is 20.3 Å². The lowest BCUT2D eigenvalue weighted by Crippen LogP contribution is -2.21. The van der Waals surface area contributed by atoms with E-state index >= 15 is 0 Å². The number of aromatic nitrogens is 2. The van der Waals surface area contributed by atoms with Crippen molar-refractivity contribution in [3.8, 4) is 0 Å². The van der Waals surface area contributed by atoms with Crippen LogP contribution in [0.15, 0.2) is 0 Å². The Kier molecular flexibility index (Phi) is 6.05. The first kappa shape index (κ1) is 15.5. The molecular weight excluding hydrogens is 250 g/mol. The van der Waals surface area contributed by atoms with Gasteiger partial charge < -0.3 is 10.1 Å². The lowest BCUT2D eigenvalue weighted by atomic mass is 9.85. The van der Waals surface area contributed by atoms with Crippen LogP contribution in [-0.4, -0.2) is 30.0 Å². The van der Waals surface area contributed by atoms with Gasteiger partial charge in [-0.3, -0.25) is 4.68 Å². The maximum atomic E-state index is 5.09. The Morgan fingerprint density at radius 3 is 2.65 bits per heavy atom. The molecule has 1 aromatic rings. The summed E-state index contributed by atoms with van der Waals surface area (Å²) in [5, 5.41) is 8.33. The highest BCUT2D eigenvalue weighted by molar-refractivity contribution is 5.27. The molecule has 2 rings (SSSR count). The van der Waals surface area contributed by atoms with Crippen molar-refractivity contribution in [1.29, 1.82) is 0 Å². The first-order valence-electron chi connectivity index (χ1n) is 8.07. The van der Waals surface area contributed by atoms with Gasteiger partial charge in [-0.15, -0.1) is 0 Å². The van der Waals surface area contributed by atoms with Crippen LogP contribution in [0.2, 0.25) is 0 Å². The highest BCUT2D eigenvalue weighted by atomic mass is 16.5. The Morgan fingerprint density at radius 1 is 1.30 bits per heavy atom. The van der Waals surface area contributed by atoms with Crippen LogP contribution in [-0.2, 0) is 30.7 Å². The summed E-state index contributed by atoms with van der Waals surface area (Å²) in [6.07, 6.45) is 6.25. The number of rotatable bonds is 9. The Bertz CT molecular complexity index is 410. The largest absolute Gasteiger partial charge is 0.383 e. The second-order valence-corrected chi connectivity index (χ2v) is 5.73. The molecule has 1 aliphatic rings. The number of nitrogens with zero attached hydrogens (tertiary/aromatic N) is 2. The molecule has 0 bridgehead atoms. The van der Waals surface area contributed by atoms with Gasteiger partial charge in [0.1, 0.15) is 0 Å². The maximum Gasteiger partial charge on any atom is 0.0669 e. The van der Waals surface area contributed by atoms with E-state index in [4.69, 9.17) is 9.84 Å². The van der Waals surface area contributed by atoms with E-state index in [0.717, 1.165) is 45.0 Å². The van der Waals surface area contributed by atoms with E-state index in [1.807, 2.05) is 0 Å². The first-order chi connectivity index (χ1) is 9.80. The highest BCUT2D eigenvalue weighted by Gasteiger charge is 2.21. The summed E-state index contributed by atoms with van der Waals surface area (Å²) in [5.74, 6) is 0.860. The van der Waals surface area contributed by atoms with Crippen LogP contribution in [0.1, 0.15) is 50.1 Å². The van der Waals surface area contributed by atoms with Crippen molar-refractivity contribution in [3.63, 3.8) is 0 Å². The average molecular weight is 279 g/mol. The van der Waals surface area contributed by atoms with Gasteiger partial charge in [-0.2, -0.15) is 5.10 Å². The number of nitrogens with one attached hydrogen (secondary N) is 1. The molecule has 0 unspecified atom stereocenters. The first-order valence-corrected chi connectivity index (χ1v) is 8.07. The van der Waals surface area contributed by atoms with Crippen LogP contribution < -0.4 is 5.32 Å². The van der Waals surface area contributed by atoms with Crippen molar-refractivity contribution in [2.45, 2.75) is 59.0 Å². The molecule has 0 saturated heterocycles. The number of methoxy groups -OCH3 is 1. The summed E-state index contributed by atoms with van der Waals surface area (Å²) >= 11 is 0. The summed E-state index contributed by atoms with van der Waals surface area (Å²) in [5.41, 5.74) is 4.12. The van der Waals surface area contributed by atoms with Gasteiger partial charge in [0, 0.05) is 38.0 Å². The van der Waals surface area contributed by atoms with Gasteiger partial charge in [-0.1, -0.05) is 20.3 Å². The summed E-state index contributed by atoms with van der Waals surface area (Å²) in [6, 6.07) is 0. The topological polar surface area (TPSA) is 39.1 Å². The van der Waals surface area contributed by atoms with Gasteiger partial charge in [0.05, 0.1) is 12.3 Å². The van der Waals surface area contributed by atoms with Gasteiger partial charge in [-0.05, 0) is 31.6 Å². The van der Waals surface area contributed by atoms with Crippen molar-refractivity contribution >= 4 is 0 Å². The van der Waals surface area contributed by atoms with Crippen molar-refractivity contribution in [2.24, 2.45) is 5.92 Å².